The summed E-state index contributed by atoms with van der Waals surface area (Å²) in [5.74, 6) is 0.365. The van der Waals surface area contributed by atoms with Crippen molar-refractivity contribution in [3.05, 3.63) is 106 Å². The molecule has 2 heterocycles. The summed E-state index contributed by atoms with van der Waals surface area (Å²) in [5.41, 5.74) is 5.61. The average molecular weight is 508 g/mol. The van der Waals surface area contributed by atoms with Crippen molar-refractivity contribution in [3.63, 3.8) is 0 Å². The fourth-order valence-corrected chi connectivity index (χ4v) is 4.34. The number of fused-ring (bicyclic) bond motifs is 1. The van der Waals surface area contributed by atoms with E-state index in [1.54, 1.807) is 29.1 Å². The number of benzene rings is 3. The molecule has 2 aromatic heterocycles. The van der Waals surface area contributed by atoms with Gasteiger partial charge in [0.05, 0.1) is 22.4 Å². The lowest BCUT2D eigenvalue weighted by atomic mass is 10.0. The van der Waals surface area contributed by atoms with Crippen LogP contribution in [0.2, 0.25) is 0 Å². The van der Waals surface area contributed by atoms with Crippen molar-refractivity contribution in [2.75, 3.05) is 5.32 Å². The second-order valence-corrected chi connectivity index (χ2v) is 9.11. The first-order chi connectivity index (χ1) is 18.3. The molecule has 9 nitrogen and oxygen atoms in total. The summed E-state index contributed by atoms with van der Waals surface area (Å²) in [5, 5.41) is 19.7. The summed E-state index contributed by atoms with van der Waals surface area (Å²) in [7, 11) is 0. The van der Waals surface area contributed by atoms with Crippen molar-refractivity contribution in [2.24, 2.45) is 0 Å². The molecule has 5 rings (SSSR count). The third-order valence-electron chi connectivity index (χ3n) is 6.07. The Bertz CT molecular complexity index is 1680. The molecule has 0 spiro atoms. The monoisotopic (exact) mass is 507 g/mol. The Labute approximate surface area is 218 Å². The summed E-state index contributed by atoms with van der Waals surface area (Å²) in [6.45, 7) is 5.75. The molecule has 1 N–H and O–H groups in total. The molecule has 0 aliphatic carbocycles. The molecule has 5 aromatic rings. The number of nitro groups is 1. The predicted molar refractivity (Wildman–Crippen MR) is 145 cm³/mol. The van der Waals surface area contributed by atoms with E-state index in [0.29, 0.717) is 11.4 Å². The van der Waals surface area contributed by atoms with Gasteiger partial charge >= 0.3 is 0 Å². The second-order valence-electron chi connectivity index (χ2n) is 9.11. The maximum absolute atomic E-state index is 13.0. The van der Waals surface area contributed by atoms with E-state index >= 15 is 0 Å². The lowest BCUT2D eigenvalue weighted by molar-refractivity contribution is -0.384. The number of aryl methyl sites for hydroxylation is 3. The van der Waals surface area contributed by atoms with Crippen molar-refractivity contribution in [2.45, 2.75) is 27.3 Å². The van der Waals surface area contributed by atoms with Crippen molar-refractivity contribution in [1.82, 2.24) is 14.8 Å². The second kappa shape index (κ2) is 10.1. The number of hydrogen-bond acceptors (Lipinski definition) is 6. The van der Waals surface area contributed by atoms with E-state index < -0.39 is 10.8 Å². The zero-order chi connectivity index (χ0) is 26.8. The lowest BCUT2D eigenvalue weighted by Crippen LogP contribution is -2.20. The summed E-state index contributed by atoms with van der Waals surface area (Å²) in [6, 6.07) is 21.6. The number of hydrogen-bond donors (Lipinski definition) is 1. The lowest BCUT2D eigenvalue weighted by Gasteiger charge is -2.10. The molecular formula is C29H25N5O4. The van der Waals surface area contributed by atoms with Crippen molar-refractivity contribution >= 4 is 28.3 Å². The first kappa shape index (κ1) is 24.6. The van der Waals surface area contributed by atoms with Gasteiger partial charge < -0.3 is 10.1 Å². The van der Waals surface area contributed by atoms with Crippen LogP contribution >= 0.6 is 0 Å². The van der Waals surface area contributed by atoms with E-state index in [2.05, 4.69) is 21.5 Å². The van der Waals surface area contributed by atoms with Gasteiger partial charge in [-0.3, -0.25) is 14.9 Å². The van der Waals surface area contributed by atoms with E-state index in [1.165, 1.54) is 12.1 Å². The molecule has 1 amide bonds. The highest BCUT2D eigenvalue weighted by atomic mass is 16.6. The van der Waals surface area contributed by atoms with Gasteiger partial charge in [-0.1, -0.05) is 47.5 Å². The fourth-order valence-electron chi connectivity index (χ4n) is 4.34. The first-order valence-corrected chi connectivity index (χ1v) is 12.0. The maximum atomic E-state index is 13.0. The molecule has 0 unspecified atom stereocenters. The maximum Gasteiger partial charge on any atom is 0.275 e. The van der Waals surface area contributed by atoms with E-state index in [4.69, 9.17) is 4.74 Å². The van der Waals surface area contributed by atoms with Crippen molar-refractivity contribution < 1.29 is 14.5 Å². The Balaban J connectivity index is 1.41. The quantitative estimate of drug-likeness (QED) is 0.203. The van der Waals surface area contributed by atoms with E-state index in [9.17, 15) is 14.9 Å². The van der Waals surface area contributed by atoms with Crippen LogP contribution in [-0.4, -0.2) is 25.6 Å². The summed E-state index contributed by atoms with van der Waals surface area (Å²) < 4.78 is 7.35. The molecular weight excluding hydrogens is 482 g/mol. The molecule has 0 aliphatic heterocycles. The SMILES string of the molecule is Cc1ccc(Oc2cc(NC(=O)Cn3nc(C)c4c(-c5cccc(C)c5)ccnc43)cc([N+](=O)[O-])c2)cc1. The molecule has 3 aromatic carbocycles. The molecule has 0 bridgehead atoms. The van der Waals surface area contributed by atoms with Gasteiger partial charge in [-0.25, -0.2) is 9.67 Å². The number of nitrogens with one attached hydrogen (secondary N) is 1. The Hall–Kier alpha value is -5.05. The average Bonchev–Trinajstić information content (AvgIpc) is 3.20. The molecule has 190 valence electrons. The molecule has 0 radical (unpaired) electrons. The molecule has 38 heavy (non-hydrogen) atoms. The zero-order valence-electron chi connectivity index (χ0n) is 21.1. The Kier molecular flexibility index (Phi) is 6.57. The summed E-state index contributed by atoms with van der Waals surface area (Å²) >= 11 is 0. The number of aromatic nitrogens is 3. The van der Waals surface area contributed by atoms with Crippen LogP contribution in [0.4, 0.5) is 11.4 Å². The number of amides is 1. The highest BCUT2D eigenvalue weighted by Crippen LogP contribution is 2.32. The number of nitro benzene ring substituents is 1. The Morgan fingerprint density at radius 1 is 0.974 bits per heavy atom. The largest absolute Gasteiger partial charge is 0.457 e. The van der Waals surface area contributed by atoms with Crippen LogP contribution in [0.3, 0.4) is 0 Å². The van der Waals surface area contributed by atoms with E-state index in [1.807, 2.05) is 57.2 Å². The Morgan fingerprint density at radius 2 is 1.76 bits per heavy atom. The van der Waals surface area contributed by atoms with Gasteiger partial charge in [-0.2, -0.15) is 5.10 Å². The minimum Gasteiger partial charge on any atom is -0.457 e. The fraction of sp³-hybridized carbons (Fsp3) is 0.138. The van der Waals surface area contributed by atoms with Crippen LogP contribution < -0.4 is 10.1 Å². The smallest absolute Gasteiger partial charge is 0.275 e. The van der Waals surface area contributed by atoms with E-state index in [0.717, 1.165) is 33.3 Å². The van der Waals surface area contributed by atoms with Gasteiger partial charge in [0.25, 0.3) is 5.69 Å². The van der Waals surface area contributed by atoms with Gasteiger partial charge in [0.1, 0.15) is 18.0 Å². The molecule has 0 atom stereocenters. The van der Waals surface area contributed by atoms with Crippen LogP contribution in [0, 0.1) is 30.9 Å². The first-order valence-electron chi connectivity index (χ1n) is 12.0. The number of carbonyl (C=O) groups is 1. The van der Waals surface area contributed by atoms with Crippen LogP contribution in [0.15, 0.2) is 79.0 Å². The van der Waals surface area contributed by atoms with Crippen LogP contribution in [0.5, 0.6) is 11.5 Å². The van der Waals surface area contributed by atoms with Gasteiger partial charge in [0.15, 0.2) is 5.65 Å². The number of carbonyl (C=O) groups excluding carboxylic acids is 1. The third kappa shape index (κ3) is 5.22. The standard InChI is InChI=1S/C29H25N5O4/c1-18-7-9-24(10-8-18)38-25-15-22(14-23(16-25)34(36)37)31-27(35)17-33-29-28(20(3)32-33)26(11-12-30-29)21-6-4-5-19(2)13-21/h4-16H,17H2,1-3H3,(H,31,35). The van der Waals surface area contributed by atoms with Crippen LogP contribution in [0.25, 0.3) is 22.2 Å². The number of ether oxygens (including phenoxy) is 1. The highest BCUT2D eigenvalue weighted by molar-refractivity contribution is 5.96. The van der Waals surface area contributed by atoms with Gasteiger partial charge in [-0.05, 0) is 50.1 Å². The van der Waals surface area contributed by atoms with Crippen molar-refractivity contribution in [1.29, 1.82) is 0 Å². The predicted octanol–water partition coefficient (Wildman–Crippen LogP) is 6.36. The third-order valence-corrected chi connectivity index (χ3v) is 6.07. The van der Waals surface area contributed by atoms with Gasteiger partial charge in [0, 0.05) is 23.7 Å². The minimum atomic E-state index is -0.529. The molecule has 9 heteroatoms. The number of nitrogens with zero attached hydrogens (tertiary/aromatic N) is 4. The van der Waals surface area contributed by atoms with E-state index in [-0.39, 0.29) is 23.7 Å². The van der Waals surface area contributed by atoms with Crippen LogP contribution in [-0.2, 0) is 11.3 Å². The van der Waals surface area contributed by atoms with Gasteiger partial charge in [0.2, 0.25) is 5.91 Å². The van der Waals surface area contributed by atoms with Gasteiger partial charge in [-0.15, -0.1) is 0 Å². The zero-order valence-corrected chi connectivity index (χ0v) is 21.1. The Morgan fingerprint density at radius 3 is 2.50 bits per heavy atom. The molecule has 0 fully saturated rings. The molecule has 0 saturated heterocycles. The number of rotatable bonds is 7. The highest BCUT2D eigenvalue weighted by Gasteiger charge is 2.18. The van der Waals surface area contributed by atoms with Crippen molar-refractivity contribution in [3.8, 4) is 22.6 Å². The number of pyridine rings is 1. The van der Waals surface area contributed by atoms with Crippen LogP contribution in [0.1, 0.15) is 16.8 Å². The topological polar surface area (TPSA) is 112 Å². The molecule has 0 saturated carbocycles. The number of anilines is 1. The summed E-state index contributed by atoms with van der Waals surface area (Å²) in [4.78, 5) is 28.5. The number of non-ortho nitro benzene ring substituents is 1. The molecule has 0 aliphatic rings. The normalized spacial score (nSPS) is 10.9. The summed E-state index contributed by atoms with van der Waals surface area (Å²) in [6.07, 6.45) is 1.70. The minimum absolute atomic E-state index is 0.120.